The second-order valence-electron chi connectivity index (χ2n) is 6.17. The molecule has 23 heavy (non-hydrogen) atoms. The van der Waals surface area contributed by atoms with E-state index in [4.69, 9.17) is 10.8 Å². The molecule has 1 heterocycles. The average molecular weight is 314 g/mol. The molecule has 0 spiro atoms. The molecule has 0 bridgehead atoms. The summed E-state index contributed by atoms with van der Waals surface area (Å²) in [7, 11) is 0. The largest absolute Gasteiger partial charge is 0.329 e. The molecule has 1 aromatic heterocycles. The summed E-state index contributed by atoms with van der Waals surface area (Å²) >= 11 is 0. The van der Waals surface area contributed by atoms with E-state index >= 15 is 0 Å². The first-order valence-corrected chi connectivity index (χ1v) is 8.65. The predicted octanol–water partition coefficient (Wildman–Crippen LogP) is 2.91. The minimum Gasteiger partial charge on any atom is -0.329 e. The highest BCUT2D eigenvalue weighted by Crippen LogP contribution is 2.16. The van der Waals surface area contributed by atoms with Crippen LogP contribution in [0.5, 0.6) is 0 Å². The zero-order valence-corrected chi connectivity index (χ0v) is 14.8. The highest BCUT2D eigenvalue weighted by Gasteiger charge is 2.14. The molecule has 0 saturated heterocycles. The van der Waals surface area contributed by atoms with Gasteiger partial charge in [0.05, 0.1) is 5.69 Å². The molecule has 1 aromatic carbocycles. The Labute approximate surface area is 140 Å². The van der Waals surface area contributed by atoms with E-state index in [0.717, 1.165) is 44.7 Å². The molecule has 2 aromatic rings. The third-order valence-corrected chi connectivity index (χ3v) is 4.35. The number of nitrogens with two attached hydrogens (primary N) is 1. The van der Waals surface area contributed by atoms with Crippen LogP contribution in [0.3, 0.4) is 0 Å². The summed E-state index contributed by atoms with van der Waals surface area (Å²) in [4.78, 5) is 2.44. The van der Waals surface area contributed by atoms with Gasteiger partial charge in [-0.25, -0.2) is 0 Å². The molecule has 2 rings (SSSR count). The van der Waals surface area contributed by atoms with Crippen LogP contribution in [-0.2, 0) is 19.5 Å². The maximum absolute atomic E-state index is 5.82. The molecule has 2 N–H and O–H groups in total. The third-order valence-electron chi connectivity index (χ3n) is 4.35. The number of aromatic nitrogens is 2. The fourth-order valence-corrected chi connectivity index (χ4v) is 3.00. The Morgan fingerprint density at radius 3 is 2.52 bits per heavy atom. The fourth-order valence-electron chi connectivity index (χ4n) is 3.00. The van der Waals surface area contributed by atoms with Gasteiger partial charge in [-0.2, -0.15) is 5.10 Å². The fraction of sp³-hybridized carbons (Fsp3) is 0.526. The summed E-state index contributed by atoms with van der Waals surface area (Å²) in [6.07, 6.45) is 2.17. The monoisotopic (exact) mass is 314 g/mol. The van der Waals surface area contributed by atoms with Crippen molar-refractivity contribution in [1.29, 1.82) is 0 Å². The number of benzene rings is 1. The molecule has 0 fully saturated rings. The molecule has 0 aliphatic heterocycles. The van der Waals surface area contributed by atoms with Gasteiger partial charge in [-0.3, -0.25) is 9.58 Å². The Kier molecular flexibility index (Phi) is 6.81. The van der Waals surface area contributed by atoms with Crippen LogP contribution in [0.1, 0.15) is 35.9 Å². The van der Waals surface area contributed by atoms with E-state index in [0.29, 0.717) is 6.54 Å². The molecule has 0 saturated carbocycles. The Balaban J connectivity index is 2.04. The lowest BCUT2D eigenvalue weighted by atomic mass is 10.1. The van der Waals surface area contributed by atoms with E-state index < -0.39 is 0 Å². The van der Waals surface area contributed by atoms with Gasteiger partial charge in [0.2, 0.25) is 0 Å². The van der Waals surface area contributed by atoms with E-state index in [9.17, 15) is 0 Å². The highest BCUT2D eigenvalue weighted by atomic mass is 15.3. The van der Waals surface area contributed by atoms with Gasteiger partial charge >= 0.3 is 0 Å². The molecule has 0 atom stereocenters. The Bertz CT molecular complexity index is 589. The lowest BCUT2D eigenvalue weighted by Crippen LogP contribution is -2.31. The number of aryl methyl sites for hydroxylation is 2. The van der Waals surface area contributed by atoms with Crippen molar-refractivity contribution in [1.82, 2.24) is 14.7 Å². The lowest BCUT2D eigenvalue weighted by Gasteiger charge is -2.22. The first-order chi connectivity index (χ1) is 11.2. The van der Waals surface area contributed by atoms with Gasteiger partial charge in [-0.15, -0.1) is 0 Å². The highest BCUT2D eigenvalue weighted by molar-refractivity contribution is 5.24. The van der Waals surface area contributed by atoms with Crippen LogP contribution in [0.25, 0.3) is 0 Å². The van der Waals surface area contributed by atoms with Gasteiger partial charge in [0.1, 0.15) is 0 Å². The quantitative estimate of drug-likeness (QED) is 0.774. The lowest BCUT2D eigenvalue weighted by molar-refractivity contribution is 0.275. The first-order valence-electron chi connectivity index (χ1n) is 8.65. The van der Waals surface area contributed by atoms with Gasteiger partial charge in [0.25, 0.3) is 0 Å². The van der Waals surface area contributed by atoms with Gasteiger partial charge in [0.15, 0.2) is 0 Å². The smallest absolute Gasteiger partial charge is 0.0641 e. The van der Waals surface area contributed by atoms with Crippen LogP contribution in [-0.4, -0.2) is 34.3 Å². The van der Waals surface area contributed by atoms with E-state index in [-0.39, 0.29) is 0 Å². The van der Waals surface area contributed by atoms with Crippen molar-refractivity contribution in [2.45, 2.75) is 46.7 Å². The topological polar surface area (TPSA) is 47.1 Å². The van der Waals surface area contributed by atoms with E-state index in [1.165, 1.54) is 16.8 Å². The molecule has 0 amide bonds. The second kappa shape index (κ2) is 8.85. The maximum atomic E-state index is 5.82. The summed E-state index contributed by atoms with van der Waals surface area (Å²) in [5.41, 5.74) is 11.0. The number of nitrogens with zero attached hydrogens (tertiary/aromatic N) is 3. The van der Waals surface area contributed by atoms with Crippen molar-refractivity contribution >= 4 is 0 Å². The standard InChI is InChI=1S/C19H30N4/c1-4-12-23-17(3)19(16(2)21-23)15-22(14-11-20)13-10-18-8-6-5-7-9-18/h5-9H,4,10-15,20H2,1-3H3. The Morgan fingerprint density at radius 2 is 1.87 bits per heavy atom. The van der Waals surface area contributed by atoms with Crippen LogP contribution in [0.4, 0.5) is 0 Å². The molecule has 0 aliphatic carbocycles. The van der Waals surface area contributed by atoms with E-state index in [2.05, 4.69) is 60.7 Å². The van der Waals surface area contributed by atoms with Crippen LogP contribution in [0, 0.1) is 13.8 Å². The van der Waals surface area contributed by atoms with Crippen LogP contribution in [0.15, 0.2) is 30.3 Å². The summed E-state index contributed by atoms with van der Waals surface area (Å²) in [5.74, 6) is 0. The zero-order valence-electron chi connectivity index (χ0n) is 14.8. The molecule has 126 valence electrons. The summed E-state index contributed by atoms with van der Waals surface area (Å²) in [6, 6.07) is 10.7. The van der Waals surface area contributed by atoms with Gasteiger partial charge in [-0.05, 0) is 32.3 Å². The normalized spacial score (nSPS) is 11.3. The number of hydrogen-bond acceptors (Lipinski definition) is 3. The molecule has 4 nitrogen and oxygen atoms in total. The molecular weight excluding hydrogens is 284 g/mol. The van der Waals surface area contributed by atoms with Crippen LogP contribution >= 0.6 is 0 Å². The zero-order chi connectivity index (χ0) is 16.7. The van der Waals surface area contributed by atoms with Gasteiger partial charge in [-0.1, -0.05) is 37.3 Å². The SMILES string of the molecule is CCCn1nc(C)c(CN(CCN)CCc2ccccc2)c1C. The Morgan fingerprint density at radius 1 is 1.13 bits per heavy atom. The van der Waals surface area contributed by atoms with Gasteiger partial charge < -0.3 is 5.73 Å². The summed E-state index contributed by atoms with van der Waals surface area (Å²) < 4.78 is 2.14. The third kappa shape index (κ3) is 4.91. The summed E-state index contributed by atoms with van der Waals surface area (Å²) in [6.45, 7) is 11.1. The van der Waals surface area contributed by atoms with Crippen molar-refractivity contribution in [3.63, 3.8) is 0 Å². The molecular formula is C19H30N4. The van der Waals surface area contributed by atoms with Crippen LogP contribution in [0.2, 0.25) is 0 Å². The predicted molar refractivity (Wildman–Crippen MR) is 96.5 cm³/mol. The number of hydrogen-bond donors (Lipinski definition) is 1. The van der Waals surface area contributed by atoms with E-state index in [1.807, 2.05) is 0 Å². The first kappa shape index (κ1) is 17.7. The van der Waals surface area contributed by atoms with Crippen molar-refractivity contribution in [3.8, 4) is 0 Å². The van der Waals surface area contributed by atoms with E-state index in [1.54, 1.807) is 0 Å². The van der Waals surface area contributed by atoms with Crippen molar-refractivity contribution in [3.05, 3.63) is 52.8 Å². The molecule has 0 unspecified atom stereocenters. The van der Waals surface area contributed by atoms with Crippen molar-refractivity contribution < 1.29 is 0 Å². The minimum absolute atomic E-state index is 0.690. The Hall–Kier alpha value is -1.65. The molecule has 0 radical (unpaired) electrons. The molecule has 4 heteroatoms. The maximum Gasteiger partial charge on any atom is 0.0641 e. The minimum atomic E-state index is 0.690. The average Bonchev–Trinajstić information content (AvgIpc) is 2.82. The second-order valence-corrected chi connectivity index (χ2v) is 6.17. The molecule has 0 aliphatic rings. The van der Waals surface area contributed by atoms with Gasteiger partial charge in [0, 0.05) is 44.0 Å². The van der Waals surface area contributed by atoms with Crippen LogP contribution < -0.4 is 5.73 Å². The van der Waals surface area contributed by atoms with Crippen molar-refractivity contribution in [2.75, 3.05) is 19.6 Å². The number of rotatable bonds is 9. The summed E-state index contributed by atoms with van der Waals surface area (Å²) in [5, 5.41) is 4.69. The van der Waals surface area contributed by atoms with Crippen molar-refractivity contribution in [2.24, 2.45) is 5.73 Å².